The zero-order valence-electron chi connectivity index (χ0n) is 12.1. The lowest BCUT2D eigenvalue weighted by atomic mass is 9.81. The zero-order valence-corrected chi connectivity index (χ0v) is 12.1. The SMILES string of the molecule is CCOc1ccc(C2(C)CCC(O)C2)cc1OCC. The van der Waals surface area contributed by atoms with Gasteiger partial charge < -0.3 is 14.6 Å². The molecule has 1 aromatic rings. The van der Waals surface area contributed by atoms with Crippen LogP contribution in [0, 0.1) is 0 Å². The third-order valence-electron chi connectivity index (χ3n) is 3.96. The summed E-state index contributed by atoms with van der Waals surface area (Å²) >= 11 is 0. The number of rotatable bonds is 5. The summed E-state index contributed by atoms with van der Waals surface area (Å²) in [4.78, 5) is 0. The van der Waals surface area contributed by atoms with E-state index >= 15 is 0 Å². The summed E-state index contributed by atoms with van der Waals surface area (Å²) in [5.41, 5.74) is 1.28. The molecule has 2 unspecified atom stereocenters. The Balaban J connectivity index is 2.29. The molecule has 0 saturated heterocycles. The largest absolute Gasteiger partial charge is 0.490 e. The molecule has 106 valence electrons. The van der Waals surface area contributed by atoms with Gasteiger partial charge in [0.2, 0.25) is 0 Å². The molecule has 1 aromatic carbocycles. The van der Waals surface area contributed by atoms with Gasteiger partial charge in [0.25, 0.3) is 0 Å². The highest BCUT2D eigenvalue weighted by atomic mass is 16.5. The minimum absolute atomic E-state index is 0.0516. The average molecular weight is 264 g/mol. The normalized spacial score (nSPS) is 26.4. The number of aliphatic hydroxyl groups is 1. The number of benzene rings is 1. The second kappa shape index (κ2) is 5.83. The maximum absolute atomic E-state index is 9.78. The van der Waals surface area contributed by atoms with E-state index in [1.807, 2.05) is 19.9 Å². The van der Waals surface area contributed by atoms with Crippen molar-refractivity contribution in [2.75, 3.05) is 13.2 Å². The van der Waals surface area contributed by atoms with Crippen LogP contribution in [0.15, 0.2) is 18.2 Å². The van der Waals surface area contributed by atoms with Crippen LogP contribution < -0.4 is 9.47 Å². The summed E-state index contributed by atoms with van der Waals surface area (Å²) in [6.07, 6.45) is 2.56. The molecular formula is C16H24O3. The van der Waals surface area contributed by atoms with Gasteiger partial charge in [-0.25, -0.2) is 0 Å². The van der Waals surface area contributed by atoms with Gasteiger partial charge in [-0.2, -0.15) is 0 Å². The lowest BCUT2D eigenvalue weighted by Crippen LogP contribution is -2.19. The smallest absolute Gasteiger partial charge is 0.161 e. The fourth-order valence-corrected chi connectivity index (χ4v) is 2.90. The quantitative estimate of drug-likeness (QED) is 0.887. The lowest BCUT2D eigenvalue weighted by Gasteiger charge is -2.25. The molecule has 3 heteroatoms. The average Bonchev–Trinajstić information content (AvgIpc) is 2.73. The van der Waals surface area contributed by atoms with Crippen LogP contribution >= 0.6 is 0 Å². The van der Waals surface area contributed by atoms with Gasteiger partial charge in [-0.1, -0.05) is 13.0 Å². The van der Waals surface area contributed by atoms with Crippen molar-refractivity contribution < 1.29 is 14.6 Å². The molecule has 1 fully saturated rings. The molecule has 19 heavy (non-hydrogen) atoms. The molecule has 2 rings (SSSR count). The van der Waals surface area contributed by atoms with Gasteiger partial charge in [0.1, 0.15) is 0 Å². The van der Waals surface area contributed by atoms with E-state index in [2.05, 4.69) is 19.1 Å². The van der Waals surface area contributed by atoms with Crippen LogP contribution in [-0.2, 0) is 5.41 Å². The van der Waals surface area contributed by atoms with E-state index in [9.17, 15) is 5.11 Å². The van der Waals surface area contributed by atoms with Crippen LogP contribution in [0.4, 0.5) is 0 Å². The minimum atomic E-state index is -0.174. The highest BCUT2D eigenvalue weighted by molar-refractivity contribution is 5.45. The molecule has 0 aromatic heterocycles. The summed E-state index contributed by atoms with van der Waals surface area (Å²) in [5.74, 6) is 1.61. The van der Waals surface area contributed by atoms with Crippen molar-refractivity contribution in [1.82, 2.24) is 0 Å². The maximum atomic E-state index is 9.78. The van der Waals surface area contributed by atoms with Crippen LogP contribution in [0.5, 0.6) is 11.5 Å². The minimum Gasteiger partial charge on any atom is -0.490 e. The van der Waals surface area contributed by atoms with Crippen LogP contribution in [0.25, 0.3) is 0 Å². The molecule has 3 nitrogen and oxygen atoms in total. The van der Waals surface area contributed by atoms with Crippen LogP contribution in [0.2, 0.25) is 0 Å². The predicted octanol–water partition coefficient (Wildman–Crippen LogP) is 3.29. The first-order valence-corrected chi connectivity index (χ1v) is 7.17. The zero-order chi connectivity index (χ0) is 13.9. The molecule has 0 radical (unpaired) electrons. The van der Waals surface area contributed by atoms with E-state index in [4.69, 9.17) is 9.47 Å². The summed E-state index contributed by atoms with van der Waals surface area (Å²) in [5, 5.41) is 9.78. The Morgan fingerprint density at radius 3 is 2.47 bits per heavy atom. The van der Waals surface area contributed by atoms with Gasteiger partial charge in [0, 0.05) is 0 Å². The fraction of sp³-hybridized carbons (Fsp3) is 0.625. The van der Waals surface area contributed by atoms with Crippen molar-refractivity contribution >= 4 is 0 Å². The van der Waals surface area contributed by atoms with E-state index in [1.165, 1.54) is 5.56 Å². The topological polar surface area (TPSA) is 38.7 Å². The van der Waals surface area contributed by atoms with Gasteiger partial charge in [0.05, 0.1) is 19.3 Å². The van der Waals surface area contributed by atoms with Crippen molar-refractivity contribution in [2.45, 2.75) is 51.6 Å². The molecule has 0 spiro atoms. The number of ether oxygens (including phenoxy) is 2. The fourth-order valence-electron chi connectivity index (χ4n) is 2.90. The highest BCUT2D eigenvalue weighted by Crippen LogP contribution is 2.43. The Hall–Kier alpha value is -1.22. The first-order valence-electron chi connectivity index (χ1n) is 7.17. The van der Waals surface area contributed by atoms with Gasteiger partial charge in [0.15, 0.2) is 11.5 Å². The Kier molecular flexibility index (Phi) is 4.35. The summed E-state index contributed by atoms with van der Waals surface area (Å²) in [6, 6.07) is 6.16. The maximum Gasteiger partial charge on any atom is 0.161 e. The standard InChI is InChI=1S/C16H24O3/c1-4-18-14-7-6-12(10-15(14)19-5-2)16(3)9-8-13(17)11-16/h6-7,10,13,17H,4-5,8-9,11H2,1-3H3. The summed E-state index contributed by atoms with van der Waals surface area (Å²) in [7, 11) is 0. The van der Waals surface area contributed by atoms with E-state index in [1.54, 1.807) is 0 Å². The molecule has 0 heterocycles. The number of aliphatic hydroxyl groups excluding tert-OH is 1. The molecule has 0 bridgehead atoms. The number of hydrogen-bond acceptors (Lipinski definition) is 3. The van der Waals surface area contributed by atoms with E-state index in [0.29, 0.717) is 13.2 Å². The first-order chi connectivity index (χ1) is 9.09. The van der Waals surface area contributed by atoms with Crippen molar-refractivity contribution in [3.63, 3.8) is 0 Å². The van der Waals surface area contributed by atoms with Gasteiger partial charge in [-0.3, -0.25) is 0 Å². The van der Waals surface area contributed by atoms with Gasteiger partial charge in [-0.15, -0.1) is 0 Å². The van der Waals surface area contributed by atoms with E-state index in [-0.39, 0.29) is 11.5 Å². The lowest BCUT2D eigenvalue weighted by molar-refractivity contribution is 0.175. The molecule has 0 amide bonds. The Morgan fingerprint density at radius 1 is 1.21 bits per heavy atom. The molecular weight excluding hydrogens is 240 g/mol. The molecule has 0 aliphatic heterocycles. The van der Waals surface area contributed by atoms with Gasteiger partial charge in [-0.05, 0) is 56.2 Å². The Morgan fingerprint density at radius 2 is 1.89 bits per heavy atom. The monoisotopic (exact) mass is 264 g/mol. The van der Waals surface area contributed by atoms with E-state index in [0.717, 1.165) is 30.8 Å². The van der Waals surface area contributed by atoms with Crippen LogP contribution in [0.3, 0.4) is 0 Å². The van der Waals surface area contributed by atoms with Crippen LogP contribution in [0.1, 0.15) is 45.6 Å². The molecule has 1 N–H and O–H groups in total. The molecule has 1 aliphatic rings. The molecule has 1 aliphatic carbocycles. The second-order valence-electron chi connectivity index (χ2n) is 5.48. The summed E-state index contributed by atoms with van der Waals surface area (Å²) < 4.78 is 11.3. The van der Waals surface area contributed by atoms with Crippen molar-refractivity contribution in [3.8, 4) is 11.5 Å². The van der Waals surface area contributed by atoms with Crippen molar-refractivity contribution in [2.24, 2.45) is 0 Å². The Bertz CT molecular complexity index is 430. The van der Waals surface area contributed by atoms with Crippen LogP contribution in [-0.4, -0.2) is 24.4 Å². The number of hydrogen-bond donors (Lipinski definition) is 1. The highest BCUT2D eigenvalue weighted by Gasteiger charge is 2.36. The molecule has 1 saturated carbocycles. The third-order valence-corrected chi connectivity index (χ3v) is 3.96. The van der Waals surface area contributed by atoms with Crippen molar-refractivity contribution in [1.29, 1.82) is 0 Å². The van der Waals surface area contributed by atoms with Gasteiger partial charge >= 0.3 is 0 Å². The summed E-state index contributed by atoms with van der Waals surface area (Å²) in [6.45, 7) is 7.43. The van der Waals surface area contributed by atoms with E-state index < -0.39 is 0 Å². The second-order valence-corrected chi connectivity index (χ2v) is 5.48. The third kappa shape index (κ3) is 3.03. The molecule has 2 atom stereocenters. The Labute approximate surface area is 115 Å². The van der Waals surface area contributed by atoms with Crippen molar-refractivity contribution in [3.05, 3.63) is 23.8 Å². The first kappa shape index (κ1) is 14.2. The predicted molar refractivity (Wildman–Crippen MR) is 76.0 cm³/mol.